The summed E-state index contributed by atoms with van der Waals surface area (Å²) in [6.45, 7) is 4.46. The van der Waals surface area contributed by atoms with Crippen molar-refractivity contribution in [3.8, 4) is 50.7 Å². The highest BCUT2D eigenvalue weighted by Crippen LogP contribution is 2.46. The van der Waals surface area contributed by atoms with Gasteiger partial charge in [-0.1, -0.05) is 96.0 Å². The van der Waals surface area contributed by atoms with Gasteiger partial charge in [0.2, 0.25) is 10.9 Å². The van der Waals surface area contributed by atoms with Crippen LogP contribution in [-0.2, 0) is 24.5 Å². The van der Waals surface area contributed by atoms with Crippen LogP contribution in [0.4, 0.5) is 17.1 Å². The number of ketones is 1. The summed E-state index contributed by atoms with van der Waals surface area (Å²) in [5.74, 6) is -4.86. The molecule has 0 atom stereocenters. The average Bonchev–Trinajstić information content (AvgIpc) is 0.745. The molecule has 0 spiro atoms. The standard InChI is InChI=1S/C32H21ClN2O8.C31H20ClN3O6.C4H5ClO.CH3Cl/c33-23-11-21-27(12-26(23)38)43-30-19(28(21)20-10-16(31(39)40)5-7-18(20)32(41)42)8-9-25(37)22(30)13-34-24-3-1-2-15-4-6-17(14-36)35-29(15)24;32-21-12-19-26(13-25(21)36)41-29-18(27(19)16-5-1-2-6-17(16)30(37)38)9-10-22(33)20(29)14-34-23-7-3-4-15-8-11-24(31(39)40)35-28(15)23;1-3(5)4(2)6;1-2/h1-12,34,36-37H,13-14H2,(H,39,40)(H,41,42);1-13,34H,14,33H2,(H,37,38)(H,39,40);1H2,2H3;1H3. The summed E-state index contributed by atoms with van der Waals surface area (Å²) in [5, 5.41) is 68.5. The number of nitrogens with two attached hydrogens (primary N) is 1. The number of carboxylic acid groups (broad SMARTS) is 4. The summed E-state index contributed by atoms with van der Waals surface area (Å²) in [6.07, 6.45) is 1.47. The molecule has 0 radical (unpaired) electrons. The second-order valence-electron chi connectivity index (χ2n) is 20.1. The van der Waals surface area contributed by atoms with Crippen molar-refractivity contribution in [1.29, 1.82) is 0 Å². The van der Waals surface area contributed by atoms with E-state index in [4.69, 9.17) is 49.4 Å². The number of aliphatic hydroxyl groups is 1. The Morgan fingerprint density at radius 1 is 0.565 bits per heavy atom. The monoisotopic (exact) mass is 1320 g/mol. The number of anilines is 3. The van der Waals surface area contributed by atoms with Crippen molar-refractivity contribution in [2.45, 2.75) is 26.6 Å². The smallest absolute Gasteiger partial charge is 0.354 e. The normalized spacial score (nSPS) is 10.9. The fraction of sp³-hybridized carbons (Fsp3) is 0.0735. The molecule has 4 heterocycles. The number of hydrogen-bond acceptors (Lipinski definition) is 16. The van der Waals surface area contributed by atoms with Crippen molar-refractivity contribution in [1.82, 2.24) is 9.97 Å². The summed E-state index contributed by atoms with van der Waals surface area (Å²) in [4.78, 5) is 91.5. The molecule has 2 aliphatic carbocycles. The van der Waals surface area contributed by atoms with E-state index >= 15 is 0 Å². The molecule has 464 valence electrons. The molecular weight excluding hydrogens is 1270 g/mol. The van der Waals surface area contributed by atoms with Gasteiger partial charge in [-0.2, -0.15) is 0 Å². The molecule has 20 nitrogen and oxygen atoms in total. The Balaban J connectivity index is 0.000000195. The van der Waals surface area contributed by atoms with Crippen LogP contribution in [0.1, 0.15) is 65.3 Å². The zero-order valence-electron chi connectivity index (χ0n) is 48.1. The number of fused-ring (bicyclic) bond motifs is 6. The number of phenolic OH excluding ortho intramolecular Hbond substituents is 1. The molecule has 0 saturated carbocycles. The van der Waals surface area contributed by atoms with E-state index in [1.807, 2.05) is 30.3 Å². The van der Waals surface area contributed by atoms with Crippen LogP contribution in [-0.4, -0.2) is 76.7 Å². The lowest BCUT2D eigenvalue weighted by atomic mass is 9.89. The number of aliphatic hydroxyl groups excluding tert-OH is 1. The quantitative estimate of drug-likeness (QED) is 0.0211. The van der Waals surface area contributed by atoms with Crippen LogP contribution in [0, 0.1) is 0 Å². The Labute approximate surface area is 540 Å². The number of phenols is 1. The number of para-hydroxylation sites is 2. The van der Waals surface area contributed by atoms with E-state index in [-0.39, 0.29) is 108 Å². The Kier molecular flexibility index (Phi) is 19.9. The number of halogens is 4. The average molecular weight is 1320 g/mol. The number of aromatic nitrogens is 2. The van der Waals surface area contributed by atoms with Gasteiger partial charge in [-0.25, -0.2) is 29.1 Å². The van der Waals surface area contributed by atoms with Crippen molar-refractivity contribution >= 4 is 137 Å². The molecule has 0 amide bonds. The van der Waals surface area contributed by atoms with Gasteiger partial charge in [-0.05, 0) is 96.1 Å². The minimum Gasteiger partial charge on any atom is -0.507 e. The van der Waals surface area contributed by atoms with E-state index in [0.29, 0.717) is 72.4 Å². The Hall–Kier alpha value is -10.9. The molecule has 12 rings (SSSR count). The number of allylic oxidation sites excluding steroid dienone is 1. The van der Waals surface area contributed by atoms with Gasteiger partial charge in [0.25, 0.3) is 0 Å². The van der Waals surface area contributed by atoms with Gasteiger partial charge >= 0.3 is 23.9 Å². The summed E-state index contributed by atoms with van der Waals surface area (Å²) in [6, 6.07) is 39.4. The summed E-state index contributed by atoms with van der Waals surface area (Å²) in [7, 11) is 0. The van der Waals surface area contributed by atoms with E-state index in [1.165, 1.54) is 74.0 Å². The lowest BCUT2D eigenvalue weighted by Gasteiger charge is -2.20. The molecule has 6 aromatic carbocycles. The molecule has 4 aliphatic rings. The number of nitrogens with one attached hydrogen (secondary N) is 2. The van der Waals surface area contributed by atoms with E-state index in [0.717, 1.165) is 16.8 Å². The van der Waals surface area contributed by atoms with E-state index in [1.54, 1.807) is 54.6 Å². The number of carbonyl (C=O) groups excluding carboxylic acids is 1. The fourth-order valence-corrected chi connectivity index (χ4v) is 10.4. The first-order chi connectivity index (χ1) is 44.0. The zero-order valence-corrected chi connectivity index (χ0v) is 51.1. The number of nitrogens with zero attached hydrogens (tertiary/aromatic N) is 2. The molecule has 0 bridgehead atoms. The molecule has 0 fully saturated rings. The van der Waals surface area contributed by atoms with Gasteiger partial charge in [0.05, 0.1) is 72.0 Å². The van der Waals surface area contributed by atoms with Crippen LogP contribution >= 0.6 is 46.4 Å². The molecular formula is C68H49Cl4N5O15. The number of pyridine rings is 2. The second-order valence-corrected chi connectivity index (χ2v) is 21.3. The van der Waals surface area contributed by atoms with Crippen LogP contribution in [0.15, 0.2) is 182 Å². The number of hydrogen-bond donors (Lipinski definition) is 9. The predicted octanol–water partition coefficient (Wildman–Crippen LogP) is 14.5. The van der Waals surface area contributed by atoms with Crippen LogP contribution in [0.3, 0.4) is 0 Å². The summed E-state index contributed by atoms with van der Waals surface area (Å²) in [5.41, 5.74) is 11.5. The molecule has 2 aromatic heterocycles. The Morgan fingerprint density at radius 3 is 1.62 bits per heavy atom. The molecule has 0 saturated heterocycles. The first-order valence-electron chi connectivity index (χ1n) is 27.2. The van der Waals surface area contributed by atoms with Crippen molar-refractivity contribution in [2.75, 3.05) is 22.8 Å². The van der Waals surface area contributed by atoms with Gasteiger partial charge in [-0.15, -0.1) is 11.6 Å². The Morgan fingerprint density at radius 2 is 1.08 bits per heavy atom. The third kappa shape index (κ3) is 13.5. The van der Waals surface area contributed by atoms with Crippen molar-refractivity contribution in [3.05, 3.63) is 233 Å². The largest absolute Gasteiger partial charge is 0.507 e. The molecule has 10 N–H and O–H groups in total. The third-order valence-corrected chi connectivity index (χ3v) is 15.3. The predicted molar refractivity (Wildman–Crippen MR) is 355 cm³/mol. The SMILES string of the molecule is C=C(Cl)C(C)=O.CCl.Nc1ccc2c(-c3ccccc3C(=O)O)c3cc(Cl)c(=O)cc-3oc2c1CNc1cccc2ccc(C(=O)O)nc12.O=C(O)c1ccc(C(=O)O)c(-c2c3cc(Cl)c(=O)cc-3oc3c(CNc4cccc5ccc(CO)nc45)c(O)ccc23)c1. The summed E-state index contributed by atoms with van der Waals surface area (Å²) < 4.78 is 12.4. The first kappa shape index (κ1) is 65.6. The first-order valence-corrected chi connectivity index (χ1v) is 29.1. The Bertz CT molecular complexity index is 5040. The van der Waals surface area contributed by atoms with Crippen molar-refractivity contribution in [2.24, 2.45) is 0 Å². The second kappa shape index (κ2) is 27.9. The van der Waals surface area contributed by atoms with E-state index < -0.39 is 34.7 Å². The number of carbonyl (C=O) groups is 5. The van der Waals surface area contributed by atoms with Crippen LogP contribution in [0.5, 0.6) is 5.75 Å². The maximum atomic E-state index is 12.5. The summed E-state index contributed by atoms with van der Waals surface area (Å²) >= 11 is 22.1. The van der Waals surface area contributed by atoms with E-state index in [2.05, 4.69) is 38.8 Å². The molecule has 0 unspecified atom stereocenters. The molecule has 8 aromatic rings. The number of Topliss-reactive ketones (excluding diaryl/α,β-unsaturated/α-hetero) is 1. The third-order valence-electron chi connectivity index (χ3n) is 14.5. The fourth-order valence-electron chi connectivity index (χ4n) is 10.1. The number of aromatic hydroxyl groups is 1. The van der Waals surface area contributed by atoms with Crippen molar-refractivity contribution < 1.29 is 63.4 Å². The minimum absolute atomic E-state index is 0.0144. The highest BCUT2D eigenvalue weighted by molar-refractivity contribution is 6.41. The lowest BCUT2D eigenvalue weighted by molar-refractivity contribution is -0.113. The van der Waals surface area contributed by atoms with Gasteiger partial charge in [0.15, 0.2) is 5.78 Å². The van der Waals surface area contributed by atoms with Crippen LogP contribution < -0.4 is 27.2 Å². The van der Waals surface area contributed by atoms with Gasteiger partial charge < -0.3 is 55.8 Å². The van der Waals surface area contributed by atoms with E-state index in [9.17, 15) is 64.2 Å². The number of carboxylic acids is 4. The molecule has 24 heteroatoms. The zero-order chi connectivity index (χ0) is 66.4. The number of rotatable bonds is 14. The maximum absolute atomic E-state index is 12.5. The lowest BCUT2D eigenvalue weighted by Crippen LogP contribution is -2.08. The highest BCUT2D eigenvalue weighted by atomic mass is 35.5. The van der Waals surface area contributed by atoms with Crippen LogP contribution in [0.25, 0.3) is 88.6 Å². The minimum atomic E-state index is -1.30. The number of aromatic carboxylic acids is 4. The number of nitrogen functional groups attached to an aromatic ring is 1. The number of alkyl halides is 1. The maximum Gasteiger partial charge on any atom is 0.354 e. The van der Waals surface area contributed by atoms with Gasteiger partial charge in [0.1, 0.15) is 34.1 Å². The van der Waals surface area contributed by atoms with Crippen LogP contribution in [0.2, 0.25) is 10.0 Å². The van der Waals surface area contributed by atoms with Crippen molar-refractivity contribution in [3.63, 3.8) is 0 Å². The molecule has 92 heavy (non-hydrogen) atoms. The topological polar surface area (TPSA) is 343 Å². The van der Waals surface area contributed by atoms with Gasteiger partial charge in [0, 0.05) is 93.6 Å². The number of benzene rings is 8. The van der Waals surface area contributed by atoms with Gasteiger partial charge in [-0.3, -0.25) is 14.4 Å². The highest BCUT2D eigenvalue weighted by Gasteiger charge is 2.28. The molecule has 2 aliphatic heterocycles.